The zero-order valence-electron chi connectivity index (χ0n) is 21.6. The number of nitrogens with zero attached hydrogens (tertiary/aromatic N) is 3. The number of benzene rings is 3. The van der Waals surface area contributed by atoms with Gasteiger partial charge in [-0.3, -0.25) is 14.4 Å². The molecule has 0 aromatic heterocycles. The highest BCUT2D eigenvalue weighted by Gasteiger charge is 2.27. The van der Waals surface area contributed by atoms with Gasteiger partial charge in [0.1, 0.15) is 5.82 Å². The Kier molecular flexibility index (Phi) is 7.67. The van der Waals surface area contributed by atoms with E-state index in [1.807, 2.05) is 30.0 Å². The van der Waals surface area contributed by atoms with Crippen LogP contribution < -0.4 is 9.62 Å². The molecule has 0 aliphatic carbocycles. The first-order valence-electron chi connectivity index (χ1n) is 13.0. The van der Waals surface area contributed by atoms with Gasteiger partial charge in [-0.05, 0) is 56.2 Å². The third-order valence-corrected chi connectivity index (χ3v) is 8.67. The quantitative estimate of drug-likeness (QED) is 0.482. The maximum atomic E-state index is 14.1. The highest BCUT2D eigenvalue weighted by atomic mass is 32.2. The molecule has 200 valence electrons. The fourth-order valence-electron chi connectivity index (χ4n) is 5.08. The van der Waals surface area contributed by atoms with E-state index in [1.165, 1.54) is 6.07 Å². The number of halogens is 1. The van der Waals surface area contributed by atoms with Crippen molar-refractivity contribution in [1.82, 2.24) is 9.80 Å². The Morgan fingerprint density at radius 3 is 2.26 bits per heavy atom. The summed E-state index contributed by atoms with van der Waals surface area (Å²) in [6.07, 6.45) is 1.94. The number of piperazine rings is 1. The van der Waals surface area contributed by atoms with E-state index < -0.39 is 10.0 Å². The Balaban J connectivity index is 1.36. The Morgan fingerprint density at radius 1 is 0.895 bits per heavy atom. The van der Waals surface area contributed by atoms with Gasteiger partial charge in [0.2, 0.25) is 0 Å². The summed E-state index contributed by atoms with van der Waals surface area (Å²) in [5.74, 6) is -0.278. The van der Waals surface area contributed by atoms with Crippen LogP contribution in [0, 0.1) is 12.7 Å². The first kappa shape index (κ1) is 26.2. The van der Waals surface area contributed by atoms with Crippen LogP contribution in [-0.2, 0) is 16.6 Å². The number of likely N-dealkylation sites (tertiary alicyclic amines) is 1. The molecule has 0 bridgehead atoms. The number of carbonyl (C=O) groups excluding carboxylic acids is 1. The zero-order chi connectivity index (χ0) is 26.7. The van der Waals surface area contributed by atoms with E-state index in [-0.39, 0.29) is 16.6 Å². The SMILES string of the molecule is Cc1ccc(S(=O)(=O)Nc2ccc(N3CCN(Cc4ccccc4F)CC3)c(C(=O)N3CCCC3)c2)cc1. The minimum Gasteiger partial charge on any atom is -0.368 e. The van der Waals surface area contributed by atoms with E-state index in [1.54, 1.807) is 42.5 Å². The van der Waals surface area contributed by atoms with E-state index in [2.05, 4.69) is 14.5 Å². The van der Waals surface area contributed by atoms with Crippen molar-refractivity contribution in [2.24, 2.45) is 0 Å². The molecule has 1 amide bonds. The molecule has 1 N–H and O–H groups in total. The standard InChI is InChI=1S/C29H33FN4O3S/c1-22-8-11-25(12-9-22)38(36,37)31-24-10-13-28(26(20-24)29(35)34-14-4-5-15-34)33-18-16-32(17-19-33)21-23-6-2-3-7-27(23)30/h2-3,6-13,20,31H,4-5,14-19,21H2,1H3. The summed E-state index contributed by atoms with van der Waals surface area (Å²) in [5, 5.41) is 0. The van der Waals surface area contributed by atoms with Crippen molar-refractivity contribution in [1.29, 1.82) is 0 Å². The van der Waals surface area contributed by atoms with Crippen molar-refractivity contribution >= 4 is 27.3 Å². The average Bonchev–Trinajstić information content (AvgIpc) is 3.45. The predicted molar refractivity (Wildman–Crippen MR) is 147 cm³/mol. The van der Waals surface area contributed by atoms with Gasteiger partial charge < -0.3 is 9.80 Å². The lowest BCUT2D eigenvalue weighted by Crippen LogP contribution is -2.46. The molecule has 0 unspecified atom stereocenters. The molecule has 2 aliphatic rings. The number of nitrogens with one attached hydrogen (secondary N) is 1. The van der Waals surface area contributed by atoms with Crippen LogP contribution in [0.1, 0.15) is 34.3 Å². The van der Waals surface area contributed by atoms with Crippen LogP contribution in [0.25, 0.3) is 0 Å². The number of aryl methyl sites for hydroxylation is 1. The first-order valence-corrected chi connectivity index (χ1v) is 14.5. The Labute approximate surface area is 223 Å². The monoisotopic (exact) mass is 536 g/mol. The number of sulfonamides is 1. The fraction of sp³-hybridized carbons (Fsp3) is 0.345. The van der Waals surface area contributed by atoms with Crippen LogP contribution in [0.4, 0.5) is 15.8 Å². The van der Waals surface area contributed by atoms with Crippen molar-refractivity contribution < 1.29 is 17.6 Å². The zero-order valence-corrected chi connectivity index (χ0v) is 22.4. The second kappa shape index (κ2) is 11.1. The summed E-state index contributed by atoms with van der Waals surface area (Å²) in [6, 6.07) is 18.7. The molecule has 3 aromatic carbocycles. The Hall–Kier alpha value is -3.43. The molecular weight excluding hydrogens is 503 g/mol. The van der Waals surface area contributed by atoms with Crippen molar-refractivity contribution in [3.05, 3.63) is 89.2 Å². The van der Waals surface area contributed by atoms with Crippen molar-refractivity contribution in [2.75, 3.05) is 48.9 Å². The third-order valence-electron chi connectivity index (χ3n) is 7.27. The van der Waals surface area contributed by atoms with Gasteiger partial charge in [0.15, 0.2) is 0 Å². The van der Waals surface area contributed by atoms with Crippen molar-refractivity contribution in [3.63, 3.8) is 0 Å². The highest BCUT2D eigenvalue weighted by molar-refractivity contribution is 7.92. The molecule has 9 heteroatoms. The highest BCUT2D eigenvalue weighted by Crippen LogP contribution is 2.29. The van der Waals surface area contributed by atoms with Gasteiger partial charge in [0, 0.05) is 62.8 Å². The number of hydrogen-bond donors (Lipinski definition) is 1. The number of rotatable bonds is 7. The lowest BCUT2D eigenvalue weighted by molar-refractivity contribution is 0.0793. The smallest absolute Gasteiger partial charge is 0.261 e. The van der Waals surface area contributed by atoms with E-state index >= 15 is 0 Å². The van der Waals surface area contributed by atoms with Crippen LogP contribution in [-0.4, -0.2) is 63.4 Å². The van der Waals surface area contributed by atoms with E-state index in [9.17, 15) is 17.6 Å². The lowest BCUT2D eigenvalue weighted by Gasteiger charge is -2.37. The van der Waals surface area contributed by atoms with Crippen molar-refractivity contribution in [2.45, 2.75) is 31.2 Å². The van der Waals surface area contributed by atoms with Crippen LogP contribution in [0.3, 0.4) is 0 Å². The van der Waals surface area contributed by atoms with Gasteiger partial charge in [-0.2, -0.15) is 0 Å². The summed E-state index contributed by atoms with van der Waals surface area (Å²) in [4.78, 5) is 19.9. The summed E-state index contributed by atoms with van der Waals surface area (Å²) < 4.78 is 42.8. The van der Waals surface area contributed by atoms with E-state index in [0.29, 0.717) is 49.5 Å². The summed E-state index contributed by atoms with van der Waals surface area (Å²) >= 11 is 0. The molecule has 7 nitrogen and oxygen atoms in total. The molecule has 2 saturated heterocycles. The minimum atomic E-state index is -3.80. The van der Waals surface area contributed by atoms with Crippen LogP contribution >= 0.6 is 0 Å². The molecule has 0 atom stereocenters. The van der Waals surface area contributed by atoms with Gasteiger partial charge in [0.05, 0.1) is 10.5 Å². The van der Waals surface area contributed by atoms with Gasteiger partial charge in [-0.25, -0.2) is 12.8 Å². The first-order chi connectivity index (χ1) is 18.3. The summed E-state index contributed by atoms with van der Waals surface area (Å²) in [5.41, 5.74) is 3.30. The number of carbonyl (C=O) groups is 1. The molecule has 0 radical (unpaired) electrons. The molecule has 2 aliphatic heterocycles. The molecule has 2 fully saturated rings. The molecule has 0 spiro atoms. The lowest BCUT2D eigenvalue weighted by atomic mass is 10.1. The number of amides is 1. The molecular formula is C29H33FN4O3S. The van der Waals surface area contributed by atoms with Crippen LogP contribution in [0.2, 0.25) is 0 Å². The Morgan fingerprint density at radius 2 is 1.58 bits per heavy atom. The van der Waals surface area contributed by atoms with Crippen LogP contribution in [0.5, 0.6) is 0 Å². The number of hydrogen-bond acceptors (Lipinski definition) is 5. The maximum Gasteiger partial charge on any atom is 0.261 e. The summed E-state index contributed by atoms with van der Waals surface area (Å²) in [6.45, 7) is 6.67. The fourth-order valence-corrected chi connectivity index (χ4v) is 6.13. The van der Waals surface area contributed by atoms with E-state index in [0.717, 1.165) is 37.2 Å². The van der Waals surface area contributed by atoms with Crippen molar-refractivity contribution in [3.8, 4) is 0 Å². The molecule has 3 aromatic rings. The average molecular weight is 537 g/mol. The predicted octanol–water partition coefficient (Wildman–Crippen LogP) is 4.49. The van der Waals surface area contributed by atoms with E-state index in [4.69, 9.17) is 0 Å². The molecule has 5 rings (SSSR count). The second-order valence-corrected chi connectivity index (χ2v) is 11.7. The number of anilines is 2. The Bertz CT molecular complexity index is 1400. The normalized spacial score (nSPS) is 16.6. The maximum absolute atomic E-state index is 14.1. The largest absolute Gasteiger partial charge is 0.368 e. The summed E-state index contributed by atoms with van der Waals surface area (Å²) in [7, 11) is -3.80. The molecule has 0 saturated carbocycles. The second-order valence-electron chi connectivity index (χ2n) is 10.0. The minimum absolute atomic E-state index is 0.0809. The van der Waals surface area contributed by atoms with Crippen LogP contribution in [0.15, 0.2) is 71.6 Å². The third kappa shape index (κ3) is 5.84. The molecule has 38 heavy (non-hydrogen) atoms. The van der Waals surface area contributed by atoms with Gasteiger partial charge in [0.25, 0.3) is 15.9 Å². The van der Waals surface area contributed by atoms with Gasteiger partial charge in [-0.15, -0.1) is 0 Å². The topological polar surface area (TPSA) is 73.0 Å². The van der Waals surface area contributed by atoms with Gasteiger partial charge in [-0.1, -0.05) is 35.9 Å². The molecule has 2 heterocycles. The van der Waals surface area contributed by atoms with Gasteiger partial charge >= 0.3 is 0 Å².